The SMILES string of the molecule is CN1CCCC(NCC(C)(C)N2CCOCC2)CC1. The number of ether oxygens (including phenoxy) is 1. The molecule has 2 heterocycles. The molecule has 4 nitrogen and oxygen atoms in total. The third-order valence-corrected chi connectivity index (χ3v) is 4.64. The molecule has 0 aromatic rings. The van der Waals surface area contributed by atoms with Crippen LogP contribution in [0.1, 0.15) is 33.1 Å². The summed E-state index contributed by atoms with van der Waals surface area (Å²) >= 11 is 0. The Balaban J connectivity index is 1.76. The highest BCUT2D eigenvalue weighted by Crippen LogP contribution is 2.17. The van der Waals surface area contributed by atoms with E-state index in [0.29, 0.717) is 6.04 Å². The molecule has 0 bridgehead atoms. The fraction of sp³-hybridized carbons (Fsp3) is 1.00. The van der Waals surface area contributed by atoms with E-state index in [9.17, 15) is 0 Å². The molecule has 2 aliphatic heterocycles. The van der Waals surface area contributed by atoms with Crippen LogP contribution in [0.2, 0.25) is 0 Å². The van der Waals surface area contributed by atoms with Crippen LogP contribution in [0, 0.1) is 0 Å². The van der Waals surface area contributed by atoms with E-state index in [2.05, 4.69) is 36.0 Å². The lowest BCUT2D eigenvalue weighted by molar-refractivity contribution is -0.0104. The number of nitrogens with one attached hydrogen (secondary N) is 1. The van der Waals surface area contributed by atoms with Gasteiger partial charge < -0.3 is 15.0 Å². The summed E-state index contributed by atoms with van der Waals surface area (Å²) in [5, 5.41) is 3.81. The van der Waals surface area contributed by atoms with E-state index in [1.165, 1.54) is 32.4 Å². The second-order valence-corrected chi connectivity index (χ2v) is 6.72. The van der Waals surface area contributed by atoms with Gasteiger partial charge in [-0.15, -0.1) is 0 Å². The molecular weight excluding hydrogens is 238 g/mol. The highest BCUT2D eigenvalue weighted by molar-refractivity contribution is 4.87. The van der Waals surface area contributed by atoms with Crippen LogP contribution in [0.5, 0.6) is 0 Å². The average Bonchev–Trinajstić information content (AvgIpc) is 2.62. The number of morpholine rings is 1. The molecular formula is C15H31N3O. The van der Waals surface area contributed by atoms with Crippen LogP contribution in [-0.4, -0.2) is 74.4 Å². The van der Waals surface area contributed by atoms with Gasteiger partial charge in [0.1, 0.15) is 0 Å². The molecule has 0 aromatic heterocycles. The molecule has 2 rings (SSSR count). The van der Waals surface area contributed by atoms with E-state index < -0.39 is 0 Å². The van der Waals surface area contributed by atoms with Gasteiger partial charge in [0.15, 0.2) is 0 Å². The Hall–Kier alpha value is -0.160. The van der Waals surface area contributed by atoms with E-state index in [-0.39, 0.29) is 5.54 Å². The van der Waals surface area contributed by atoms with Crippen LogP contribution in [0.25, 0.3) is 0 Å². The number of hydrogen-bond donors (Lipinski definition) is 1. The Labute approximate surface area is 118 Å². The monoisotopic (exact) mass is 269 g/mol. The molecule has 112 valence electrons. The van der Waals surface area contributed by atoms with E-state index >= 15 is 0 Å². The van der Waals surface area contributed by atoms with Crippen molar-refractivity contribution in [2.24, 2.45) is 0 Å². The zero-order chi connectivity index (χ0) is 13.7. The first kappa shape index (κ1) is 15.2. The van der Waals surface area contributed by atoms with Crippen molar-refractivity contribution in [3.8, 4) is 0 Å². The second-order valence-electron chi connectivity index (χ2n) is 6.72. The lowest BCUT2D eigenvalue weighted by Gasteiger charge is -2.41. The Bertz CT molecular complexity index is 264. The molecule has 2 saturated heterocycles. The van der Waals surface area contributed by atoms with Gasteiger partial charge in [0.05, 0.1) is 13.2 Å². The number of hydrogen-bond acceptors (Lipinski definition) is 4. The standard InChI is InChI=1S/C15H31N3O/c1-15(2,18-9-11-19-12-10-18)13-16-14-5-4-7-17(3)8-6-14/h14,16H,4-13H2,1-3H3. The lowest BCUT2D eigenvalue weighted by Crippen LogP contribution is -2.55. The van der Waals surface area contributed by atoms with Crippen molar-refractivity contribution in [3.63, 3.8) is 0 Å². The topological polar surface area (TPSA) is 27.7 Å². The van der Waals surface area contributed by atoms with Crippen molar-refractivity contribution in [1.82, 2.24) is 15.1 Å². The van der Waals surface area contributed by atoms with Gasteiger partial charge in [0.2, 0.25) is 0 Å². The van der Waals surface area contributed by atoms with Gasteiger partial charge in [0.25, 0.3) is 0 Å². The summed E-state index contributed by atoms with van der Waals surface area (Å²) in [7, 11) is 2.24. The van der Waals surface area contributed by atoms with Crippen molar-refractivity contribution < 1.29 is 4.74 Å². The molecule has 2 fully saturated rings. The summed E-state index contributed by atoms with van der Waals surface area (Å²) in [6, 6.07) is 0.699. The molecule has 1 unspecified atom stereocenters. The molecule has 1 atom stereocenters. The molecule has 0 aliphatic carbocycles. The van der Waals surface area contributed by atoms with Crippen LogP contribution >= 0.6 is 0 Å². The van der Waals surface area contributed by atoms with Crippen molar-refractivity contribution >= 4 is 0 Å². The highest BCUT2D eigenvalue weighted by Gasteiger charge is 2.28. The maximum Gasteiger partial charge on any atom is 0.0594 e. The summed E-state index contributed by atoms with van der Waals surface area (Å²) in [5.41, 5.74) is 0.238. The molecule has 1 N–H and O–H groups in total. The minimum absolute atomic E-state index is 0.238. The molecule has 0 saturated carbocycles. The second kappa shape index (κ2) is 7.02. The van der Waals surface area contributed by atoms with Crippen molar-refractivity contribution in [2.45, 2.75) is 44.7 Å². The number of rotatable bonds is 4. The van der Waals surface area contributed by atoms with E-state index in [0.717, 1.165) is 32.8 Å². The first-order valence-electron chi connectivity index (χ1n) is 7.83. The van der Waals surface area contributed by atoms with Gasteiger partial charge in [-0.05, 0) is 53.2 Å². The summed E-state index contributed by atoms with van der Waals surface area (Å²) in [4.78, 5) is 5.02. The van der Waals surface area contributed by atoms with Gasteiger partial charge in [-0.1, -0.05) is 0 Å². The highest BCUT2D eigenvalue weighted by atomic mass is 16.5. The maximum atomic E-state index is 5.45. The Morgan fingerprint density at radius 3 is 2.58 bits per heavy atom. The van der Waals surface area contributed by atoms with Crippen LogP contribution < -0.4 is 5.32 Å². The first-order valence-corrected chi connectivity index (χ1v) is 7.83. The minimum Gasteiger partial charge on any atom is -0.379 e. The maximum absolute atomic E-state index is 5.45. The molecule has 2 aliphatic rings. The largest absolute Gasteiger partial charge is 0.379 e. The zero-order valence-corrected chi connectivity index (χ0v) is 13.0. The van der Waals surface area contributed by atoms with Crippen molar-refractivity contribution in [2.75, 3.05) is 53.0 Å². The molecule has 4 heteroatoms. The molecule has 0 spiro atoms. The number of nitrogens with zero attached hydrogens (tertiary/aromatic N) is 2. The van der Waals surface area contributed by atoms with Gasteiger partial charge in [-0.2, -0.15) is 0 Å². The zero-order valence-electron chi connectivity index (χ0n) is 13.0. The normalized spacial score (nSPS) is 28.3. The summed E-state index contributed by atoms with van der Waals surface area (Å²) < 4.78 is 5.45. The summed E-state index contributed by atoms with van der Waals surface area (Å²) in [5.74, 6) is 0. The third kappa shape index (κ3) is 4.71. The van der Waals surface area contributed by atoms with Gasteiger partial charge >= 0.3 is 0 Å². The first-order chi connectivity index (χ1) is 9.08. The fourth-order valence-corrected chi connectivity index (χ4v) is 3.12. The van der Waals surface area contributed by atoms with E-state index in [4.69, 9.17) is 4.74 Å². The summed E-state index contributed by atoms with van der Waals surface area (Å²) in [6.45, 7) is 12.2. The Morgan fingerprint density at radius 1 is 1.11 bits per heavy atom. The fourth-order valence-electron chi connectivity index (χ4n) is 3.12. The predicted molar refractivity (Wildman–Crippen MR) is 79.6 cm³/mol. The van der Waals surface area contributed by atoms with Crippen LogP contribution in [0.3, 0.4) is 0 Å². The van der Waals surface area contributed by atoms with Crippen molar-refractivity contribution in [1.29, 1.82) is 0 Å². The van der Waals surface area contributed by atoms with Crippen LogP contribution in [0.4, 0.5) is 0 Å². The predicted octanol–water partition coefficient (Wildman–Crippen LogP) is 1.17. The van der Waals surface area contributed by atoms with E-state index in [1.807, 2.05) is 0 Å². The van der Waals surface area contributed by atoms with Crippen molar-refractivity contribution in [3.05, 3.63) is 0 Å². The number of likely N-dealkylation sites (tertiary alicyclic amines) is 1. The van der Waals surface area contributed by atoms with Gasteiger partial charge in [-0.3, -0.25) is 4.90 Å². The average molecular weight is 269 g/mol. The Morgan fingerprint density at radius 2 is 1.84 bits per heavy atom. The summed E-state index contributed by atoms with van der Waals surface area (Å²) in [6.07, 6.45) is 3.94. The molecule has 0 radical (unpaired) electrons. The minimum atomic E-state index is 0.238. The molecule has 0 amide bonds. The molecule has 0 aromatic carbocycles. The van der Waals surface area contributed by atoms with E-state index in [1.54, 1.807) is 0 Å². The lowest BCUT2D eigenvalue weighted by atomic mass is 10.0. The smallest absolute Gasteiger partial charge is 0.0594 e. The van der Waals surface area contributed by atoms with Crippen LogP contribution in [0.15, 0.2) is 0 Å². The third-order valence-electron chi connectivity index (χ3n) is 4.64. The quantitative estimate of drug-likeness (QED) is 0.829. The molecule has 19 heavy (non-hydrogen) atoms. The Kier molecular flexibility index (Phi) is 5.63. The van der Waals surface area contributed by atoms with Gasteiger partial charge in [0, 0.05) is 31.2 Å². The van der Waals surface area contributed by atoms with Gasteiger partial charge in [-0.25, -0.2) is 0 Å². The van der Waals surface area contributed by atoms with Crippen LogP contribution in [-0.2, 0) is 4.74 Å².